The number of methoxy groups -OCH3 is 1. The van der Waals surface area contributed by atoms with Crippen LogP contribution in [0.15, 0.2) is 66.9 Å². The molecule has 1 amide bonds. The third kappa shape index (κ3) is 7.55. The first-order valence-electron chi connectivity index (χ1n) is 13.1. The fourth-order valence-corrected chi connectivity index (χ4v) is 4.92. The average Bonchev–Trinajstić information content (AvgIpc) is 2.99. The maximum atomic E-state index is 13.2. The normalized spacial score (nSPS) is 21.6. The van der Waals surface area contributed by atoms with Crippen LogP contribution in [-0.4, -0.2) is 54.4 Å². The number of nitrogens with one attached hydrogen (secondary N) is 1. The number of hydrogen-bond acceptors (Lipinski definition) is 7. The van der Waals surface area contributed by atoms with Crippen molar-refractivity contribution >= 4 is 11.9 Å². The third-order valence-electron chi connectivity index (χ3n) is 7.13. The van der Waals surface area contributed by atoms with Crippen LogP contribution >= 0.6 is 0 Å². The number of benzene rings is 2. The van der Waals surface area contributed by atoms with Crippen molar-refractivity contribution in [1.29, 1.82) is 0 Å². The molecule has 2 heterocycles. The number of carbonyl (C=O) groups excluding carboxylic acids is 2. The summed E-state index contributed by atoms with van der Waals surface area (Å²) in [6.07, 6.45) is -2.85. The van der Waals surface area contributed by atoms with Crippen LogP contribution in [0.5, 0.6) is 11.5 Å². The lowest BCUT2D eigenvalue weighted by atomic mass is 9.80. The molecule has 0 spiro atoms. The van der Waals surface area contributed by atoms with Gasteiger partial charge in [-0.25, -0.2) is 9.78 Å². The SMILES string of the molecule is COc1ccnc(C(=O)N[C@H]2COC[C@H](Cc3ccc(C(F)(F)F)cc3)[C@@H](Cc3ccccc3)[C@H](C)OC2=O)c1O. The van der Waals surface area contributed by atoms with Gasteiger partial charge >= 0.3 is 12.1 Å². The second-order valence-corrected chi connectivity index (χ2v) is 9.93. The number of carbonyl (C=O) groups is 2. The van der Waals surface area contributed by atoms with E-state index in [9.17, 15) is 27.9 Å². The number of alkyl halides is 3. The highest BCUT2D eigenvalue weighted by Gasteiger charge is 2.36. The zero-order valence-corrected chi connectivity index (χ0v) is 22.6. The van der Waals surface area contributed by atoms with E-state index in [1.165, 1.54) is 31.5 Å². The van der Waals surface area contributed by atoms with Gasteiger partial charge in [0.2, 0.25) is 0 Å². The molecule has 0 saturated carbocycles. The lowest BCUT2D eigenvalue weighted by molar-refractivity contribution is -0.153. The van der Waals surface area contributed by atoms with Crippen molar-refractivity contribution in [2.75, 3.05) is 20.3 Å². The molecule has 11 heteroatoms. The molecule has 0 bridgehead atoms. The van der Waals surface area contributed by atoms with Crippen molar-refractivity contribution in [3.8, 4) is 11.5 Å². The van der Waals surface area contributed by atoms with Crippen molar-refractivity contribution in [1.82, 2.24) is 10.3 Å². The molecule has 1 fully saturated rings. The number of ether oxygens (including phenoxy) is 3. The summed E-state index contributed by atoms with van der Waals surface area (Å²) < 4.78 is 56.0. The average molecular weight is 573 g/mol. The Hall–Kier alpha value is -4.12. The van der Waals surface area contributed by atoms with Gasteiger partial charge in [0.05, 0.1) is 25.9 Å². The molecular formula is C30H31F3N2O6. The summed E-state index contributed by atoms with van der Waals surface area (Å²) in [5, 5.41) is 12.8. The van der Waals surface area contributed by atoms with Crippen LogP contribution in [0, 0.1) is 11.8 Å². The fourth-order valence-electron chi connectivity index (χ4n) is 4.92. The third-order valence-corrected chi connectivity index (χ3v) is 7.13. The van der Waals surface area contributed by atoms with Gasteiger partial charge < -0.3 is 24.6 Å². The Morgan fingerprint density at radius 3 is 2.39 bits per heavy atom. The standard InChI is InChI=1S/C30H31F3N2O6/c1-18-23(15-19-6-4-3-5-7-19)21(14-20-8-10-22(11-9-20)30(31,32)33)16-40-17-24(29(38)41-18)35-28(37)26-27(36)25(39-2)12-13-34-26/h3-13,18,21,23-24,36H,14-17H2,1-2H3,(H,35,37)/t18-,21-,23-,24-/m0/s1. The minimum absolute atomic E-state index is 0.0435. The Balaban J connectivity index is 1.56. The molecule has 0 aliphatic carbocycles. The van der Waals surface area contributed by atoms with Gasteiger partial charge in [-0.3, -0.25) is 4.79 Å². The molecule has 4 atom stereocenters. The van der Waals surface area contributed by atoms with E-state index in [-0.39, 0.29) is 36.5 Å². The van der Waals surface area contributed by atoms with Crippen LogP contribution in [0.4, 0.5) is 13.2 Å². The van der Waals surface area contributed by atoms with Crippen molar-refractivity contribution in [3.05, 3.63) is 89.2 Å². The quantitative estimate of drug-likeness (QED) is 0.399. The number of amides is 1. The highest BCUT2D eigenvalue weighted by atomic mass is 19.4. The number of halogens is 3. The van der Waals surface area contributed by atoms with Gasteiger partial charge in [0.25, 0.3) is 5.91 Å². The van der Waals surface area contributed by atoms with Crippen molar-refractivity contribution in [2.45, 2.75) is 38.1 Å². The van der Waals surface area contributed by atoms with E-state index in [1.807, 2.05) is 30.3 Å². The maximum Gasteiger partial charge on any atom is 0.416 e. The molecule has 3 aromatic rings. The van der Waals surface area contributed by atoms with Crippen molar-refractivity contribution < 1.29 is 42.1 Å². The Morgan fingerprint density at radius 1 is 1.05 bits per heavy atom. The van der Waals surface area contributed by atoms with E-state index < -0.39 is 41.5 Å². The van der Waals surface area contributed by atoms with Gasteiger partial charge in [0.1, 0.15) is 6.10 Å². The Labute approximate surface area is 235 Å². The highest BCUT2D eigenvalue weighted by Crippen LogP contribution is 2.32. The van der Waals surface area contributed by atoms with Gasteiger partial charge in [-0.2, -0.15) is 13.2 Å². The summed E-state index contributed by atoms with van der Waals surface area (Å²) in [5.41, 5.74) is 0.630. The summed E-state index contributed by atoms with van der Waals surface area (Å²) in [7, 11) is 1.33. The molecule has 218 valence electrons. The van der Waals surface area contributed by atoms with Crippen LogP contribution < -0.4 is 10.1 Å². The van der Waals surface area contributed by atoms with Gasteiger partial charge in [-0.1, -0.05) is 42.5 Å². The predicted molar refractivity (Wildman–Crippen MR) is 142 cm³/mol. The predicted octanol–water partition coefficient (Wildman–Crippen LogP) is 4.59. The maximum absolute atomic E-state index is 13.2. The monoisotopic (exact) mass is 572 g/mol. The van der Waals surface area contributed by atoms with E-state index in [4.69, 9.17) is 14.2 Å². The van der Waals surface area contributed by atoms with E-state index >= 15 is 0 Å². The zero-order valence-electron chi connectivity index (χ0n) is 22.6. The Kier molecular flexibility index (Phi) is 9.49. The van der Waals surface area contributed by atoms with E-state index in [2.05, 4.69) is 10.3 Å². The topological polar surface area (TPSA) is 107 Å². The second-order valence-electron chi connectivity index (χ2n) is 9.93. The van der Waals surface area contributed by atoms with E-state index in [1.54, 1.807) is 6.92 Å². The Morgan fingerprint density at radius 2 is 1.73 bits per heavy atom. The molecule has 4 rings (SSSR count). The highest BCUT2D eigenvalue weighted by molar-refractivity contribution is 5.98. The van der Waals surface area contributed by atoms with E-state index in [0.29, 0.717) is 18.4 Å². The van der Waals surface area contributed by atoms with Crippen molar-refractivity contribution in [2.24, 2.45) is 11.8 Å². The molecule has 1 aromatic heterocycles. The first-order valence-corrected chi connectivity index (χ1v) is 13.1. The Bertz CT molecular complexity index is 1330. The number of esters is 1. The van der Waals surface area contributed by atoms with Crippen LogP contribution in [0.2, 0.25) is 0 Å². The summed E-state index contributed by atoms with van der Waals surface area (Å²) in [6.45, 7) is 1.70. The molecule has 41 heavy (non-hydrogen) atoms. The summed E-state index contributed by atoms with van der Waals surface area (Å²) in [5.74, 6) is -2.45. The van der Waals surface area contributed by atoms with Gasteiger partial charge in [-0.05, 0) is 48.9 Å². The summed E-state index contributed by atoms with van der Waals surface area (Å²) >= 11 is 0. The minimum atomic E-state index is -4.44. The number of nitrogens with zero attached hydrogens (tertiary/aromatic N) is 1. The van der Waals surface area contributed by atoms with Gasteiger partial charge in [0.15, 0.2) is 23.2 Å². The van der Waals surface area contributed by atoms with Crippen LogP contribution in [-0.2, 0) is 33.3 Å². The molecule has 8 nitrogen and oxygen atoms in total. The van der Waals surface area contributed by atoms with Crippen LogP contribution in [0.3, 0.4) is 0 Å². The first kappa shape index (κ1) is 29.9. The lowest BCUT2D eigenvalue weighted by Gasteiger charge is -2.31. The number of cyclic esters (lactones) is 1. The number of aromatic nitrogens is 1. The lowest BCUT2D eigenvalue weighted by Crippen LogP contribution is -2.46. The molecule has 1 aliphatic heterocycles. The molecule has 1 saturated heterocycles. The summed E-state index contributed by atoms with van der Waals surface area (Å²) in [4.78, 5) is 29.9. The molecule has 2 N–H and O–H groups in total. The molecule has 0 unspecified atom stereocenters. The zero-order chi connectivity index (χ0) is 29.6. The van der Waals surface area contributed by atoms with Crippen LogP contribution in [0.25, 0.3) is 0 Å². The number of hydrogen-bond donors (Lipinski definition) is 2. The number of aromatic hydroxyl groups is 1. The number of pyridine rings is 1. The molecular weight excluding hydrogens is 541 g/mol. The number of rotatable bonds is 7. The molecule has 2 aromatic carbocycles. The minimum Gasteiger partial charge on any atom is -0.503 e. The molecule has 0 radical (unpaired) electrons. The van der Waals surface area contributed by atoms with Gasteiger partial charge in [0, 0.05) is 18.2 Å². The van der Waals surface area contributed by atoms with Crippen molar-refractivity contribution in [3.63, 3.8) is 0 Å². The van der Waals surface area contributed by atoms with Crippen LogP contribution in [0.1, 0.15) is 34.1 Å². The summed E-state index contributed by atoms with van der Waals surface area (Å²) in [6, 6.07) is 14.8. The molecule has 1 aliphatic rings. The second kappa shape index (κ2) is 13.0. The first-order chi connectivity index (χ1) is 19.6. The largest absolute Gasteiger partial charge is 0.503 e. The smallest absolute Gasteiger partial charge is 0.416 e. The fraction of sp³-hybridized carbons (Fsp3) is 0.367. The van der Waals surface area contributed by atoms with E-state index in [0.717, 1.165) is 17.7 Å². The van der Waals surface area contributed by atoms with Gasteiger partial charge in [-0.15, -0.1) is 0 Å².